The zero-order valence-corrected chi connectivity index (χ0v) is 9.55. The number of rotatable bonds is 1. The van der Waals surface area contributed by atoms with Gasteiger partial charge < -0.3 is 10.2 Å². The van der Waals surface area contributed by atoms with Gasteiger partial charge in [0.1, 0.15) is 5.52 Å². The molecular weight excluding hydrogens is 274 g/mol. The Morgan fingerprint density at radius 3 is 2.75 bits per heavy atom. The fraction of sp³-hybridized carbons (Fsp3) is 0. The van der Waals surface area contributed by atoms with Crippen LogP contribution in [0.25, 0.3) is 17.1 Å². The van der Waals surface area contributed by atoms with Gasteiger partial charge in [0.2, 0.25) is 10.7 Å². The Hall–Kier alpha value is -1.89. The van der Waals surface area contributed by atoms with Crippen molar-refractivity contribution in [2.75, 3.05) is 5.73 Å². The zero-order chi connectivity index (χ0) is 11.1. The van der Waals surface area contributed by atoms with E-state index in [-0.39, 0.29) is 5.95 Å². The Morgan fingerprint density at radius 1 is 1.25 bits per heavy atom. The van der Waals surface area contributed by atoms with Gasteiger partial charge in [-0.05, 0) is 28.1 Å². The van der Waals surface area contributed by atoms with E-state index in [9.17, 15) is 0 Å². The fourth-order valence-electron chi connectivity index (χ4n) is 1.38. The lowest BCUT2D eigenvalue weighted by Gasteiger charge is -1.91. The van der Waals surface area contributed by atoms with Gasteiger partial charge in [-0.15, -0.1) is 5.10 Å². The molecule has 0 amide bonds. The van der Waals surface area contributed by atoms with E-state index in [1.807, 2.05) is 24.3 Å². The van der Waals surface area contributed by atoms with E-state index in [4.69, 9.17) is 10.2 Å². The number of nitrogens with two attached hydrogens (primary N) is 1. The van der Waals surface area contributed by atoms with E-state index in [0.717, 1.165) is 5.52 Å². The van der Waals surface area contributed by atoms with Gasteiger partial charge in [-0.25, -0.2) is 0 Å². The summed E-state index contributed by atoms with van der Waals surface area (Å²) in [6.07, 6.45) is 0. The molecule has 3 rings (SSSR count). The average Bonchev–Trinajstić information content (AvgIpc) is 2.81. The molecule has 0 bridgehead atoms. The number of nitrogen functional groups attached to an aromatic ring is 1. The summed E-state index contributed by atoms with van der Waals surface area (Å²) in [6, 6.07) is 7.79. The molecule has 6 nitrogen and oxygen atoms in total. The summed E-state index contributed by atoms with van der Waals surface area (Å²) in [6.45, 7) is 0. The van der Waals surface area contributed by atoms with Crippen LogP contribution < -0.4 is 5.73 Å². The lowest BCUT2D eigenvalue weighted by molar-refractivity contribution is 0.538. The molecule has 2 N–H and O–H groups in total. The molecule has 0 fully saturated rings. The summed E-state index contributed by atoms with van der Waals surface area (Å²) >= 11 is 3.22. The molecule has 0 aliphatic heterocycles. The highest BCUT2D eigenvalue weighted by Gasteiger charge is 2.13. The maximum absolute atomic E-state index is 5.51. The van der Waals surface area contributed by atoms with E-state index < -0.39 is 0 Å². The van der Waals surface area contributed by atoms with Crippen LogP contribution in [-0.2, 0) is 0 Å². The summed E-state index contributed by atoms with van der Waals surface area (Å²) in [5, 5.41) is 3.96. The number of anilines is 1. The van der Waals surface area contributed by atoms with Crippen LogP contribution in [0.4, 0.5) is 5.95 Å². The molecule has 2 heterocycles. The van der Waals surface area contributed by atoms with Gasteiger partial charge in [0.05, 0.1) is 0 Å². The number of nitrogens with zero attached hydrogens (tertiary/aromatic N) is 4. The number of hydrogen-bond donors (Lipinski definition) is 1. The summed E-state index contributed by atoms with van der Waals surface area (Å²) in [5.41, 5.74) is 6.92. The molecular formula is C9H6BrN5O. The summed E-state index contributed by atoms with van der Waals surface area (Å²) < 4.78 is 7.37. The predicted molar refractivity (Wildman–Crippen MR) is 61.0 cm³/mol. The van der Waals surface area contributed by atoms with Crippen molar-refractivity contribution in [2.45, 2.75) is 0 Å². The number of oxazole rings is 1. The van der Waals surface area contributed by atoms with Crippen molar-refractivity contribution < 1.29 is 4.42 Å². The standard InChI is InChI=1S/C9H6BrN5O/c10-7-13-8(11)14-15(7)9-12-5-3-1-2-4-6(5)16-9/h1-4H,(H2,11,14). The SMILES string of the molecule is Nc1nc(Br)n(-c2nc3ccccc3o2)n1. The lowest BCUT2D eigenvalue weighted by Crippen LogP contribution is -1.97. The first-order valence-electron chi connectivity index (χ1n) is 4.48. The normalized spacial score (nSPS) is 11.1. The van der Waals surface area contributed by atoms with Crippen LogP contribution in [0.5, 0.6) is 0 Å². The van der Waals surface area contributed by atoms with E-state index in [1.165, 1.54) is 4.68 Å². The zero-order valence-electron chi connectivity index (χ0n) is 7.96. The Kier molecular flexibility index (Phi) is 1.93. The number of hydrogen-bond acceptors (Lipinski definition) is 5. The molecule has 0 unspecified atom stereocenters. The van der Waals surface area contributed by atoms with Crippen LogP contribution in [-0.4, -0.2) is 19.7 Å². The molecule has 80 valence electrons. The third kappa shape index (κ3) is 1.36. The maximum atomic E-state index is 5.51. The molecule has 0 radical (unpaired) electrons. The summed E-state index contributed by atoms with van der Waals surface area (Å²) in [7, 11) is 0. The fourth-order valence-corrected chi connectivity index (χ4v) is 1.79. The smallest absolute Gasteiger partial charge is 0.326 e. The van der Waals surface area contributed by atoms with Gasteiger partial charge >= 0.3 is 6.01 Å². The minimum atomic E-state index is 0.161. The quantitative estimate of drug-likeness (QED) is 0.734. The van der Waals surface area contributed by atoms with Crippen molar-refractivity contribution in [1.82, 2.24) is 19.7 Å². The molecule has 0 saturated heterocycles. The number of halogens is 1. The van der Waals surface area contributed by atoms with Crippen molar-refractivity contribution in [3.8, 4) is 6.01 Å². The minimum absolute atomic E-state index is 0.161. The van der Waals surface area contributed by atoms with Crippen molar-refractivity contribution >= 4 is 33.0 Å². The second kappa shape index (κ2) is 3.31. The third-order valence-electron chi connectivity index (χ3n) is 2.05. The second-order valence-electron chi connectivity index (χ2n) is 3.12. The van der Waals surface area contributed by atoms with Crippen molar-refractivity contribution in [3.05, 3.63) is 29.0 Å². The van der Waals surface area contributed by atoms with Crippen LogP contribution in [0.3, 0.4) is 0 Å². The van der Waals surface area contributed by atoms with Gasteiger partial charge in [-0.3, -0.25) is 0 Å². The molecule has 16 heavy (non-hydrogen) atoms. The molecule has 0 atom stereocenters. The van der Waals surface area contributed by atoms with Gasteiger partial charge in [0.15, 0.2) is 5.58 Å². The first-order chi connectivity index (χ1) is 7.74. The number of aromatic nitrogens is 4. The van der Waals surface area contributed by atoms with E-state index >= 15 is 0 Å². The maximum Gasteiger partial charge on any atom is 0.326 e. The molecule has 0 aliphatic carbocycles. The van der Waals surface area contributed by atoms with Crippen LogP contribution in [0, 0.1) is 0 Å². The Morgan fingerprint density at radius 2 is 2.06 bits per heavy atom. The Labute approximate surface area is 98.2 Å². The molecule has 7 heteroatoms. The van der Waals surface area contributed by atoms with Crippen molar-refractivity contribution in [1.29, 1.82) is 0 Å². The summed E-state index contributed by atoms with van der Waals surface area (Å²) in [4.78, 5) is 8.17. The predicted octanol–water partition coefficient (Wildman–Crippen LogP) is 1.75. The molecule has 3 aromatic rings. The number of benzene rings is 1. The van der Waals surface area contributed by atoms with Crippen LogP contribution in [0.1, 0.15) is 0 Å². The highest BCUT2D eigenvalue weighted by Crippen LogP contribution is 2.20. The monoisotopic (exact) mass is 279 g/mol. The summed E-state index contributed by atoms with van der Waals surface area (Å²) in [5.74, 6) is 0.161. The van der Waals surface area contributed by atoms with E-state index in [1.54, 1.807) is 0 Å². The Balaban J connectivity index is 2.22. The first kappa shape index (κ1) is 9.34. The van der Waals surface area contributed by atoms with E-state index in [2.05, 4.69) is 31.0 Å². The number of fused-ring (bicyclic) bond motifs is 1. The van der Waals surface area contributed by atoms with Gasteiger partial charge in [-0.2, -0.15) is 14.6 Å². The molecule has 0 saturated carbocycles. The van der Waals surface area contributed by atoms with Crippen LogP contribution >= 0.6 is 15.9 Å². The highest BCUT2D eigenvalue weighted by molar-refractivity contribution is 9.10. The Bertz CT molecular complexity index is 626. The van der Waals surface area contributed by atoms with Gasteiger partial charge in [0, 0.05) is 0 Å². The van der Waals surface area contributed by atoms with E-state index in [0.29, 0.717) is 16.3 Å². The average molecular weight is 280 g/mol. The minimum Gasteiger partial charge on any atom is -0.422 e. The topological polar surface area (TPSA) is 82.8 Å². The van der Waals surface area contributed by atoms with Crippen LogP contribution in [0.15, 0.2) is 33.4 Å². The molecule has 0 aliphatic rings. The van der Waals surface area contributed by atoms with Gasteiger partial charge in [0.25, 0.3) is 0 Å². The van der Waals surface area contributed by atoms with Crippen LogP contribution in [0.2, 0.25) is 0 Å². The first-order valence-corrected chi connectivity index (χ1v) is 5.27. The molecule has 0 spiro atoms. The molecule has 2 aromatic heterocycles. The third-order valence-corrected chi connectivity index (χ3v) is 2.56. The lowest BCUT2D eigenvalue weighted by atomic mass is 10.3. The van der Waals surface area contributed by atoms with Crippen molar-refractivity contribution in [2.24, 2.45) is 0 Å². The van der Waals surface area contributed by atoms with Gasteiger partial charge in [-0.1, -0.05) is 12.1 Å². The second-order valence-corrected chi connectivity index (χ2v) is 3.82. The largest absolute Gasteiger partial charge is 0.422 e. The molecule has 1 aromatic carbocycles. The number of para-hydroxylation sites is 2. The highest BCUT2D eigenvalue weighted by atomic mass is 79.9. The van der Waals surface area contributed by atoms with Crippen molar-refractivity contribution in [3.63, 3.8) is 0 Å².